The highest BCUT2D eigenvalue weighted by molar-refractivity contribution is 5.77. The summed E-state index contributed by atoms with van der Waals surface area (Å²) in [7, 11) is 0. The molecule has 2 rings (SSSR count). The second-order valence-electron chi connectivity index (χ2n) is 4.18. The highest BCUT2D eigenvalue weighted by atomic mass is 16.5. The van der Waals surface area contributed by atoms with Crippen molar-refractivity contribution in [2.24, 2.45) is 0 Å². The minimum atomic E-state index is 0.205. The minimum Gasteiger partial charge on any atom is -0.494 e. The lowest BCUT2D eigenvalue weighted by Gasteiger charge is -2.05. The average molecular weight is 248 g/mol. The van der Waals surface area contributed by atoms with Crippen molar-refractivity contribution in [1.82, 2.24) is 9.55 Å². The van der Waals surface area contributed by atoms with Crippen LogP contribution in [0.3, 0.4) is 0 Å². The predicted octanol–water partition coefficient (Wildman–Crippen LogP) is 2.38. The molecule has 0 unspecified atom stereocenters. The van der Waals surface area contributed by atoms with Crippen LogP contribution in [0.5, 0.6) is 5.75 Å². The van der Waals surface area contributed by atoms with Gasteiger partial charge in [0.05, 0.1) is 17.6 Å². The van der Waals surface area contributed by atoms with Crippen LogP contribution in [0.1, 0.15) is 26.1 Å². The molecule has 0 aliphatic rings. The Balaban J connectivity index is 2.40. The molecule has 0 radical (unpaired) electrons. The van der Waals surface area contributed by atoms with Crippen LogP contribution in [0, 0.1) is 0 Å². The van der Waals surface area contributed by atoms with Gasteiger partial charge in [0.1, 0.15) is 11.6 Å². The first kappa shape index (κ1) is 12.9. The summed E-state index contributed by atoms with van der Waals surface area (Å²) in [5.41, 5.74) is 2.10. The number of imidazole rings is 1. The molecule has 0 amide bonds. The lowest BCUT2D eigenvalue weighted by atomic mass is 10.3. The van der Waals surface area contributed by atoms with Gasteiger partial charge in [-0.1, -0.05) is 0 Å². The standard InChI is InChI=1S/C14H20N2O2/c1-3-16-13-8-7-11(18-4-2)10-12(13)15-14(16)6-5-9-17/h7-8,10,17H,3-6,9H2,1-2H3. The van der Waals surface area contributed by atoms with Gasteiger partial charge >= 0.3 is 0 Å². The maximum absolute atomic E-state index is 8.92. The first-order valence-electron chi connectivity index (χ1n) is 6.53. The van der Waals surface area contributed by atoms with E-state index in [0.29, 0.717) is 6.61 Å². The van der Waals surface area contributed by atoms with Crippen molar-refractivity contribution in [1.29, 1.82) is 0 Å². The van der Waals surface area contributed by atoms with Crippen LogP contribution in [-0.2, 0) is 13.0 Å². The van der Waals surface area contributed by atoms with Crippen molar-refractivity contribution in [3.8, 4) is 5.75 Å². The van der Waals surface area contributed by atoms with Crippen LogP contribution in [0.25, 0.3) is 11.0 Å². The van der Waals surface area contributed by atoms with Crippen molar-refractivity contribution in [2.75, 3.05) is 13.2 Å². The Bertz CT molecular complexity index is 520. The van der Waals surface area contributed by atoms with Gasteiger partial charge in [0.15, 0.2) is 0 Å². The smallest absolute Gasteiger partial charge is 0.121 e. The first-order chi connectivity index (χ1) is 8.80. The molecule has 1 aromatic heterocycles. The number of aliphatic hydroxyl groups is 1. The van der Waals surface area contributed by atoms with E-state index in [4.69, 9.17) is 9.84 Å². The summed E-state index contributed by atoms with van der Waals surface area (Å²) in [5, 5.41) is 8.92. The number of aliphatic hydroxyl groups excluding tert-OH is 1. The van der Waals surface area contributed by atoms with Crippen LogP contribution in [-0.4, -0.2) is 27.9 Å². The first-order valence-corrected chi connectivity index (χ1v) is 6.53. The Morgan fingerprint density at radius 2 is 2.17 bits per heavy atom. The van der Waals surface area contributed by atoms with Crippen LogP contribution in [0.2, 0.25) is 0 Å². The van der Waals surface area contributed by atoms with Gasteiger partial charge in [0.25, 0.3) is 0 Å². The molecule has 98 valence electrons. The van der Waals surface area contributed by atoms with Crippen LogP contribution >= 0.6 is 0 Å². The largest absolute Gasteiger partial charge is 0.494 e. The maximum Gasteiger partial charge on any atom is 0.121 e. The van der Waals surface area contributed by atoms with Crippen LogP contribution < -0.4 is 4.74 Å². The molecule has 0 saturated carbocycles. The fourth-order valence-electron chi connectivity index (χ4n) is 2.20. The summed E-state index contributed by atoms with van der Waals surface area (Å²) in [5.74, 6) is 1.90. The monoisotopic (exact) mass is 248 g/mol. The third-order valence-electron chi connectivity index (χ3n) is 2.98. The van der Waals surface area contributed by atoms with Crippen LogP contribution in [0.15, 0.2) is 18.2 Å². The van der Waals surface area contributed by atoms with Crippen molar-refractivity contribution in [3.63, 3.8) is 0 Å². The highest BCUT2D eigenvalue weighted by Crippen LogP contribution is 2.22. The molecule has 1 aromatic carbocycles. The van der Waals surface area contributed by atoms with Gasteiger partial charge in [-0.3, -0.25) is 0 Å². The van der Waals surface area contributed by atoms with Crippen molar-refractivity contribution >= 4 is 11.0 Å². The lowest BCUT2D eigenvalue weighted by Crippen LogP contribution is -2.02. The summed E-state index contributed by atoms with van der Waals surface area (Å²) in [6, 6.07) is 6.02. The number of ether oxygens (including phenoxy) is 1. The molecule has 0 aliphatic carbocycles. The molecule has 0 fully saturated rings. The zero-order valence-corrected chi connectivity index (χ0v) is 11.0. The molecular weight excluding hydrogens is 228 g/mol. The third kappa shape index (κ3) is 2.48. The number of aryl methyl sites for hydroxylation is 2. The van der Waals surface area contributed by atoms with E-state index in [1.165, 1.54) is 0 Å². The molecule has 0 spiro atoms. The minimum absolute atomic E-state index is 0.205. The van der Waals surface area contributed by atoms with Gasteiger partial charge in [0.2, 0.25) is 0 Å². The summed E-state index contributed by atoms with van der Waals surface area (Å²) >= 11 is 0. The SMILES string of the molecule is CCOc1ccc2c(c1)nc(CCCO)n2CC. The maximum atomic E-state index is 8.92. The molecule has 18 heavy (non-hydrogen) atoms. The van der Waals surface area contributed by atoms with Crippen molar-refractivity contribution in [2.45, 2.75) is 33.2 Å². The fourth-order valence-corrected chi connectivity index (χ4v) is 2.20. The number of rotatable bonds is 6. The fraction of sp³-hybridized carbons (Fsp3) is 0.500. The Kier molecular flexibility index (Phi) is 4.20. The van der Waals surface area contributed by atoms with E-state index >= 15 is 0 Å². The summed E-state index contributed by atoms with van der Waals surface area (Å²) in [4.78, 5) is 4.64. The second kappa shape index (κ2) is 5.87. The van der Waals surface area contributed by atoms with Gasteiger partial charge < -0.3 is 14.4 Å². The molecule has 2 aromatic rings. The topological polar surface area (TPSA) is 47.3 Å². The van der Waals surface area contributed by atoms with E-state index in [-0.39, 0.29) is 6.61 Å². The summed E-state index contributed by atoms with van der Waals surface area (Å²) in [6.07, 6.45) is 1.56. The van der Waals surface area contributed by atoms with Gasteiger partial charge in [0, 0.05) is 25.6 Å². The predicted molar refractivity (Wildman–Crippen MR) is 72.0 cm³/mol. The zero-order chi connectivity index (χ0) is 13.0. The summed E-state index contributed by atoms with van der Waals surface area (Å²) < 4.78 is 7.68. The van der Waals surface area contributed by atoms with Crippen molar-refractivity contribution in [3.05, 3.63) is 24.0 Å². The van der Waals surface area contributed by atoms with E-state index in [0.717, 1.165) is 42.0 Å². The molecule has 4 nitrogen and oxygen atoms in total. The van der Waals surface area contributed by atoms with Gasteiger partial charge in [-0.25, -0.2) is 4.98 Å². The Morgan fingerprint density at radius 3 is 2.83 bits per heavy atom. The Hall–Kier alpha value is -1.55. The second-order valence-corrected chi connectivity index (χ2v) is 4.18. The highest BCUT2D eigenvalue weighted by Gasteiger charge is 2.09. The average Bonchev–Trinajstić information content (AvgIpc) is 2.73. The van der Waals surface area contributed by atoms with Gasteiger partial charge in [-0.15, -0.1) is 0 Å². The van der Waals surface area contributed by atoms with Gasteiger partial charge in [-0.05, 0) is 32.4 Å². The van der Waals surface area contributed by atoms with Crippen LogP contribution in [0.4, 0.5) is 0 Å². The number of benzene rings is 1. The zero-order valence-electron chi connectivity index (χ0n) is 11.0. The molecule has 0 bridgehead atoms. The number of hydrogen-bond donors (Lipinski definition) is 1. The molecule has 1 N–H and O–H groups in total. The number of aromatic nitrogens is 2. The molecule has 0 saturated heterocycles. The molecule has 4 heteroatoms. The number of nitrogens with zero attached hydrogens (tertiary/aromatic N) is 2. The molecular formula is C14H20N2O2. The normalized spacial score (nSPS) is 11.1. The van der Waals surface area contributed by atoms with E-state index in [1.54, 1.807) is 0 Å². The molecule has 1 heterocycles. The number of fused-ring (bicyclic) bond motifs is 1. The van der Waals surface area contributed by atoms with E-state index in [1.807, 2.05) is 19.1 Å². The number of hydrogen-bond acceptors (Lipinski definition) is 3. The quantitative estimate of drug-likeness (QED) is 0.853. The Morgan fingerprint density at radius 1 is 1.33 bits per heavy atom. The van der Waals surface area contributed by atoms with E-state index in [2.05, 4.69) is 22.5 Å². The molecule has 0 atom stereocenters. The van der Waals surface area contributed by atoms with E-state index in [9.17, 15) is 0 Å². The summed E-state index contributed by atoms with van der Waals surface area (Å²) in [6.45, 7) is 5.85. The van der Waals surface area contributed by atoms with Gasteiger partial charge in [-0.2, -0.15) is 0 Å². The van der Waals surface area contributed by atoms with E-state index < -0.39 is 0 Å². The third-order valence-corrected chi connectivity index (χ3v) is 2.98. The van der Waals surface area contributed by atoms with Crippen molar-refractivity contribution < 1.29 is 9.84 Å². The molecule has 0 aliphatic heterocycles. The Labute approximate surface area is 107 Å². The lowest BCUT2D eigenvalue weighted by molar-refractivity contribution is 0.287.